The predicted octanol–water partition coefficient (Wildman–Crippen LogP) is 4.59. The molecule has 1 aliphatic carbocycles. The van der Waals surface area contributed by atoms with Gasteiger partial charge in [0.05, 0.1) is 0 Å². The first-order valence-electron chi connectivity index (χ1n) is 6.82. The van der Waals surface area contributed by atoms with Gasteiger partial charge >= 0.3 is 12.2 Å². The highest BCUT2D eigenvalue weighted by molar-refractivity contribution is 6.30. The minimum absolute atomic E-state index is 0.104. The summed E-state index contributed by atoms with van der Waals surface area (Å²) in [5, 5.41) is 4.59. The molecule has 0 radical (unpaired) electrons. The SMILES string of the molecule is CC1(/C=C/C2(C(F)(F)F)NC(=O)Nc3ccc(Cl)cc32)CC1. The van der Waals surface area contributed by atoms with Gasteiger partial charge in [-0.1, -0.05) is 24.6 Å². The molecular weight excluding hydrogens is 317 g/mol. The van der Waals surface area contributed by atoms with E-state index in [-0.39, 0.29) is 21.7 Å². The van der Waals surface area contributed by atoms with E-state index in [1.54, 1.807) is 0 Å². The van der Waals surface area contributed by atoms with Crippen LogP contribution < -0.4 is 10.6 Å². The van der Waals surface area contributed by atoms with Gasteiger partial charge in [-0.3, -0.25) is 0 Å². The Labute approximate surface area is 130 Å². The number of hydrogen-bond acceptors (Lipinski definition) is 1. The van der Waals surface area contributed by atoms with E-state index < -0.39 is 17.7 Å². The lowest BCUT2D eigenvalue weighted by Crippen LogP contribution is -2.59. The van der Waals surface area contributed by atoms with E-state index >= 15 is 0 Å². The maximum absolute atomic E-state index is 13.8. The third-order valence-electron chi connectivity index (χ3n) is 4.19. The molecule has 118 valence electrons. The summed E-state index contributed by atoms with van der Waals surface area (Å²) in [6.45, 7) is 1.88. The number of carbonyl (C=O) groups excluding carboxylic acids is 1. The van der Waals surface area contributed by atoms with E-state index in [0.29, 0.717) is 0 Å². The summed E-state index contributed by atoms with van der Waals surface area (Å²) in [5.74, 6) is 0. The minimum atomic E-state index is -4.69. The van der Waals surface area contributed by atoms with Crippen LogP contribution in [0.5, 0.6) is 0 Å². The van der Waals surface area contributed by atoms with Crippen LogP contribution in [-0.4, -0.2) is 12.2 Å². The topological polar surface area (TPSA) is 41.1 Å². The molecule has 1 aliphatic heterocycles. The lowest BCUT2D eigenvalue weighted by atomic mass is 9.84. The molecule has 0 saturated heterocycles. The summed E-state index contributed by atoms with van der Waals surface area (Å²) in [4.78, 5) is 11.7. The standard InChI is InChI=1S/C15H14ClF3N2O/c1-13(4-5-13)6-7-14(15(17,18)19)10-8-9(16)2-3-11(10)20-12(22)21-14/h2-3,6-8H,4-5H2,1H3,(H2,20,21,22)/b7-6+. The lowest BCUT2D eigenvalue weighted by Gasteiger charge is -2.39. The smallest absolute Gasteiger partial charge is 0.316 e. The number of halogens is 4. The van der Waals surface area contributed by atoms with E-state index in [4.69, 9.17) is 11.6 Å². The number of allylic oxidation sites excluding steroid dienone is 1. The largest absolute Gasteiger partial charge is 0.419 e. The van der Waals surface area contributed by atoms with Crippen LogP contribution in [-0.2, 0) is 5.54 Å². The summed E-state index contributed by atoms with van der Waals surface area (Å²) in [6, 6.07) is 3.16. The molecule has 1 unspecified atom stereocenters. The van der Waals surface area contributed by atoms with Crippen molar-refractivity contribution in [2.75, 3.05) is 5.32 Å². The van der Waals surface area contributed by atoms with E-state index in [9.17, 15) is 18.0 Å². The first-order valence-corrected chi connectivity index (χ1v) is 7.19. The Kier molecular flexibility index (Phi) is 3.22. The average Bonchev–Trinajstić information content (AvgIpc) is 3.14. The number of fused-ring (bicyclic) bond motifs is 1. The normalized spacial score (nSPS) is 26.3. The second-order valence-electron chi connectivity index (χ2n) is 6.06. The van der Waals surface area contributed by atoms with Crippen molar-refractivity contribution in [2.45, 2.75) is 31.5 Å². The van der Waals surface area contributed by atoms with Gasteiger partial charge in [-0.25, -0.2) is 4.79 Å². The van der Waals surface area contributed by atoms with E-state index in [1.807, 2.05) is 12.2 Å². The summed E-state index contributed by atoms with van der Waals surface area (Å²) in [5.41, 5.74) is -2.79. The van der Waals surface area contributed by atoms with Gasteiger partial charge in [0.2, 0.25) is 0 Å². The summed E-state index contributed by atoms with van der Waals surface area (Å²) in [7, 11) is 0. The Morgan fingerprint density at radius 2 is 1.95 bits per heavy atom. The zero-order valence-electron chi connectivity index (χ0n) is 11.7. The maximum Gasteiger partial charge on any atom is 0.419 e. The van der Waals surface area contributed by atoms with Gasteiger partial charge in [-0.05, 0) is 42.5 Å². The molecule has 3 nitrogen and oxygen atoms in total. The van der Waals surface area contributed by atoms with Crippen LogP contribution in [0.1, 0.15) is 25.3 Å². The third kappa shape index (κ3) is 2.45. The van der Waals surface area contributed by atoms with Crippen molar-refractivity contribution < 1.29 is 18.0 Å². The van der Waals surface area contributed by atoms with Crippen molar-refractivity contribution in [1.82, 2.24) is 5.32 Å². The van der Waals surface area contributed by atoms with Crippen LogP contribution in [0, 0.1) is 5.41 Å². The van der Waals surface area contributed by atoms with Crippen molar-refractivity contribution >= 4 is 23.3 Å². The highest BCUT2D eigenvalue weighted by Crippen LogP contribution is 2.50. The number of urea groups is 1. The Balaban J connectivity index is 2.19. The van der Waals surface area contributed by atoms with Crippen LogP contribution in [0.3, 0.4) is 0 Å². The Morgan fingerprint density at radius 1 is 1.27 bits per heavy atom. The van der Waals surface area contributed by atoms with Crippen molar-refractivity contribution in [2.24, 2.45) is 5.41 Å². The van der Waals surface area contributed by atoms with Crippen LogP contribution in [0.2, 0.25) is 5.02 Å². The first-order chi connectivity index (χ1) is 10.2. The molecule has 1 heterocycles. The molecule has 1 fully saturated rings. The number of benzene rings is 1. The van der Waals surface area contributed by atoms with Gasteiger partial charge in [-0.15, -0.1) is 0 Å². The number of carbonyl (C=O) groups is 1. The van der Waals surface area contributed by atoms with Crippen molar-refractivity contribution in [3.8, 4) is 0 Å². The number of hydrogen-bond donors (Lipinski definition) is 2. The van der Waals surface area contributed by atoms with Crippen LogP contribution in [0.4, 0.5) is 23.7 Å². The summed E-state index contributed by atoms with van der Waals surface area (Å²) >= 11 is 5.86. The number of anilines is 1. The van der Waals surface area contributed by atoms with Gasteiger partial charge in [0.15, 0.2) is 5.54 Å². The van der Waals surface area contributed by atoms with Gasteiger partial charge < -0.3 is 10.6 Å². The molecule has 7 heteroatoms. The average molecular weight is 331 g/mol. The number of amides is 2. The molecular formula is C15H14ClF3N2O. The molecule has 2 amide bonds. The molecule has 2 N–H and O–H groups in total. The molecule has 0 spiro atoms. The molecule has 1 atom stereocenters. The molecule has 1 aromatic carbocycles. The van der Waals surface area contributed by atoms with Crippen LogP contribution in [0.15, 0.2) is 30.4 Å². The fourth-order valence-corrected chi connectivity index (χ4v) is 2.66. The molecule has 0 aromatic heterocycles. The highest BCUT2D eigenvalue weighted by atomic mass is 35.5. The Bertz CT molecular complexity index is 667. The Hall–Kier alpha value is -1.69. The zero-order valence-corrected chi connectivity index (χ0v) is 12.5. The van der Waals surface area contributed by atoms with E-state index in [2.05, 4.69) is 5.32 Å². The van der Waals surface area contributed by atoms with Crippen LogP contribution in [0.25, 0.3) is 0 Å². The lowest BCUT2D eigenvalue weighted by molar-refractivity contribution is -0.181. The Morgan fingerprint density at radius 3 is 2.55 bits per heavy atom. The molecule has 1 saturated carbocycles. The predicted molar refractivity (Wildman–Crippen MR) is 77.8 cm³/mol. The number of alkyl halides is 3. The van der Waals surface area contributed by atoms with Crippen LogP contribution >= 0.6 is 11.6 Å². The zero-order chi connectivity index (χ0) is 16.2. The van der Waals surface area contributed by atoms with Gasteiger partial charge in [0.1, 0.15) is 0 Å². The fraction of sp³-hybridized carbons (Fsp3) is 0.400. The highest BCUT2D eigenvalue weighted by Gasteiger charge is 2.58. The molecule has 3 rings (SSSR count). The summed E-state index contributed by atoms with van der Waals surface area (Å²) < 4.78 is 41.5. The second kappa shape index (κ2) is 4.65. The molecule has 1 aromatic rings. The molecule has 22 heavy (non-hydrogen) atoms. The first kappa shape index (κ1) is 15.2. The van der Waals surface area contributed by atoms with Gasteiger partial charge in [0, 0.05) is 16.3 Å². The monoisotopic (exact) mass is 330 g/mol. The fourth-order valence-electron chi connectivity index (χ4n) is 2.49. The molecule has 2 aliphatic rings. The second-order valence-corrected chi connectivity index (χ2v) is 6.50. The molecule has 0 bridgehead atoms. The van der Waals surface area contributed by atoms with Crippen molar-refractivity contribution in [3.63, 3.8) is 0 Å². The number of nitrogens with one attached hydrogen (secondary N) is 2. The van der Waals surface area contributed by atoms with Crippen molar-refractivity contribution in [3.05, 3.63) is 40.9 Å². The summed E-state index contributed by atoms with van der Waals surface area (Å²) in [6.07, 6.45) is -0.422. The van der Waals surface area contributed by atoms with E-state index in [0.717, 1.165) is 18.9 Å². The van der Waals surface area contributed by atoms with Crippen molar-refractivity contribution in [1.29, 1.82) is 0 Å². The quantitative estimate of drug-likeness (QED) is 0.765. The third-order valence-corrected chi connectivity index (χ3v) is 4.42. The number of rotatable bonds is 2. The van der Waals surface area contributed by atoms with Gasteiger partial charge in [0.25, 0.3) is 0 Å². The van der Waals surface area contributed by atoms with E-state index in [1.165, 1.54) is 24.3 Å². The maximum atomic E-state index is 13.8. The van der Waals surface area contributed by atoms with Gasteiger partial charge in [-0.2, -0.15) is 13.2 Å². The minimum Gasteiger partial charge on any atom is -0.316 e.